The number of anilines is 8. The SMILES string of the molecule is Nc1ccc(N=Nc2ccc3c(c2)C=C(S(=O)(=O)O)/C(=N\Nc2ccc(Nc4ccc(N/N=C5\C(=O)c6ccc(N=Nc7ccc(N)cc7N)cc6C=C5S(=O)(=O)O)cc4)c(S(=O)(=O)O)c2)C3=O)c(N)c1. The molecule has 6 aromatic rings. The van der Waals surface area contributed by atoms with Crippen molar-refractivity contribution in [2.45, 2.75) is 4.90 Å². The number of hydrogen-bond donors (Lipinski definition) is 10. The summed E-state index contributed by atoms with van der Waals surface area (Å²) in [7, 11) is -15.1. The summed E-state index contributed by atoms with van der Waals surface area (Å²) in [5.74, 6) is -1.79. The number of nitrogens with zero attached hydrogens (tertiary/aromatic N) is 6. The molecule has 27 heteroatoms. The molecule has 6 aromatic carbocycles. The average molecular weight is 1020 g/mol. The van der Waals surface area contributed by atoms with Crippen molar-refractivity contribution < 1.29 is 48.5 Å². The minimum Gasteiger partial charge on any atom is -0.399 e. The zero-order valence-electron chi connectivity index (χ0n) is 35.9. The Labute approximate surface area is 402 Å². The van der Waals surface area contributed by atoms with E-state index < -0.39 is 68.0 Å². The Morgan fingerprint density at radius 1 is 0.451 bits per heavy atom. The number of carbonyl (C=O) groups excluding carboxylic acids is 2. The van der Waals surface area contributed by atoms with Crippen molar-refractivity contribution in [3.63, 3.8) is 0 Å². The highest BCUT2D eigenvalue weighted by molar-refractivity contribution is 7.91. The zero-order valence-corrected chi connectivity index (χ0v) is 38.4. The van der Waals surface area contributed by atoms with Crippen LogP contribution in [-0.2, 0) is 30.4 Å². The number of hydrogen-bond acceptors (Lipinski definition) is 21. The highest BCUT2D eigenvalue weighted by Gasteiger charge is 2.34. The second-order valence-corrected chi connectivity index (χ2v) is 19.4. The molecule has 0 unspecified atom stereocenters. The van der Waals surface area contributed by atoms with Crippen molar-refractivity contribution in [2.24, 2.45) is 30.7 Å². The van der Waals surface area contributed by atoms with Gasteiger partial charge in [-0.2, -0.15) is 45.7 Å². The number of nitrogens with one attached hydrogen (secondary N) is 3. The van der Waals surface area contributed by atoms with Gasteiger partial charge in [0.05, 0.1) is 39.8 Å². The van der Waals surface area contributed by atoms with Gasteiger partial charge >= 0.3 is 0 Å². The molecule has 24 nitrogen and oxygen atoms in total. The minimum atomic E-state index is -5.08. The van der Waals surface area contributed by atoms with Crippen LogP contribution in [0.15, 0.2) is 161 Å². The van der Waals surface area contributed by atoms with Crippen LogP contribution in [0.4, 0.5) is 68.2 Å². The summed E-state index contributed by atoms with van der Waals surface area (Å²) in [6.45, 7) is 0. The number of allylic oxidation sites excluding steroid dienone is 2. The first-order chi connectivity index (χ1) is 33.5. The number of fused-ring (bicyclic) bond motifs is 2. The summed E-state index contributed by atoms with van der Waals surface area (Å²) < 4.78 is 105. The van der Waals surface area contributed by atoms with E-state index in [0.717, 1.165) is 18.2 Å². The Balaban J connectivity index is 0.983. The molecule has 0 radical (unpaired) electrons. The normalized spacial score (nSPS) is 15.1. The number of ketones is 2. The van der Waals surface area contributed by atoms with Crippen molar-refractivity contribution in [3.8, 4) is 0 Å². The van der Waals surface area contributed by atoms with Crippen LogP contribution < -0.4 is 39.1 Å². The smallest absolute Gasteiger partial charge is 0.296 e. The van der Waals surface area contributed by atoms with E-state index in [-0.39, 0.29) is 67.8 Å². The maximum absolute atomic E-state index is 13.6. The largest absolute Gasteiger partial charge is 0.399 e. The van der Waals surface area contributed by atoms with Gasteiger partial charge in [-0.1, -0.05) is 0 Å². The van der Waals surface area contributed by atoms with Gasteiger partial charge in [0, 0.05) is 28.2 Å². The molecule has 0 fully saturated rings. The molecule has 71 heavy (non-hydrogen) atoms. The van der Waals surface area contributed by atoms with Gasteiger partial charge in [-0.05, 0) is 139 Å². The molecular weight excluding hydrogens is 983 g/mol. The van der Waals surface area contributed by atoms with Gasteiger partial charge in [0.15, 0.2) is 11.4 Å². The molecule has 360 valence electrons. The van der Waals surface area contributed by atoms with Crippen LogP contribution in [-0.4, -0.2) is 61.9 Å². The average Bonchev–Trinajstić information content (AvgIpc) is 3.30. The summed E-state index contributed by atoms with van der Waals surface area (Å²) in [5.41, 5.74) is 29.5. The maximum Gasteiger partial charge on any atom is 0.296 e. The lowest BCUT2D eigenvalue weighted by atomic mass is 9.94. The van der Waals surface area contributed by atoms with Crippen LogP contribution in [0, 0.1) is 0 Å². The third-order valence-corrected chi connectivity index (χ3v) is 12.9. The molecule has 0 heterocycles. The second-order valence-electron chi connectivity index (χ2n) is 15.2. The zero-order chi connectivity index (χ0) is 51.0. The quantitative estimate of drug-likeness (QED) is 0.0230. The highest BCUT2D eigenvalue weighted by atomic mass is 32.2. The number of rotatable bonds is 13. The van der Waals surface area contributed by atoms with Crippen molar-refractivity contribution in [3.05, 3.63) is 147 Å². The number of azo groups is 2. The summed E-state index contributed by atoms with van der Waals surface area (Å²) >= 11 is 0. The van der Waals surface area contributed by atoms with Crippen LogP contribution in [0.3, 0.4) is 0 Å². The van der Waals surface area contributed by atoms with E-state index in [9.17, 15) is 48.5 Å². The van der Waals surface area contributed by atoms with Gasteiger partial charge in [0.1, 0.15) is 26.1 Å². The molecule has 0 atom stereocenters. The van der Waals surface area contributed by atoms with Gasteiger partial charge < -0.3 is 28.3 Å². The van der Waals surface area contributed by atoms with Crippen LogP contribution in [0.5, 0.6) is 0 Å². The molecule has 0 saturated heterocycles. The first-order valence-corrected chi connectivity index (χ1v) is 24.4. The van der Waals surface area contributed by atoms with Crippen LogP contribution in [0.1, 0.15) is 31.8 Å². The van der Waals surface area contributed by atoms with E-state index in [1.54, 1.807) is 18.2 Å². The maximum atomic E-state index is 13.6. The first kappa shape index (κ1) is 48.5. The highest BCUT2D eigenvalue weighted by Crippen LogP contribution is 2.35. The molecule has 0 spiro atoms. The van der Waals surface area contributed by atoms with Crippen molar-refractivity contribution in [2.75, 3.05) is 39.1 Å². The Kier molecular flexibility index (Phi) is 12.9. The minimum absolute atomic E-state index is 0.0267. The lowest BCUT2D eigenvalue weighted by Gasteiger charge is -2.17. The number of benzene rings is 6. The Hall–Kier alpha value is -8.99. The molecular formula is C44H35N13O11S3. The first-order valence-electron chi connectivity index (χ1n) is 20.1. The van der Waals surface area contributed by atoms with E-state index in [0.29, 0.717) is 22.7 Å². The number of carbonyl (C=O) groups is 2. The van der Waals surface area contributed by atoms with E-state index in [1.165, 1.54) is 91.0 Å². The van der Waals surface area contributed by atoms with Crippen LogP contribution >= 0.6 is 0 Å². The van der Waals surface area contributed by atoms with Crippen molar-refractivity contribution in [1.82, 2.24) is 0 Å². The third kappa shape index (κ3) is 10.8. The van der Waals surface area contributed by atoms with Gasteiger partial charge in [0.2, 0.25) is 11.6 Å². The molecule has 2 aliphatic rings. The standard InChI is InChI=1S/C44H35N13O11S3/c45-24-1-12-35(33(47)19-24)54-51-28-7-10-31-22(15-28)17-39(70(63,64)65)41(43(31)58)56-50-27-5-3-26(4-6-27)49-37-14-9-30(21-38(37)69(60,61)62)53-57-42-40(71(66,67)68)18-23-16-29(8-11-32(23)44(42)59)52-55-36-13-2-25(46)20-34(36)48/h1-21,49-50,53H,45-48H2,(H,60,61,62)(H,63,64,65)(H,66,67,68)/b54-51?,55-52?,56-41-,57-42+. The van der Waals surface area contributed by atoms with E-state index in [1.807, 2.05) is 0 Å². The lowest BCUT2D eigenvalue weighted by Crippen LogP contribution is -2.27. The van der Waals surface area contributed by atoms with Gasteiger partial charge in [0.25, 0.3) is 30.4 Å². The number of nitrogens with two attached hydrogens (primary N) is 4. The fraction of sp³-hybridized carbons (Fsp3) is 0. The predicted octanol–water partition coefficient (Wildman–Crippen LogP) is 7.62. The van der Waals surface area contributed by atoms with Crippen molar-refractivity contribution >= 4 is 134 Å². The van der Waals surface area contributed by atoms with Crippen LogP contribution in [0.2, 0.25) is 0 Å². The molecule has 8 rings (SSSR count). The Bertz CT molecular complexity index is 3800. The lowest BCUT2D eigenvalue weighted by molar-refractivity contribution is 0.105. The third-order valence-electron chi connectivity index (χ3n) is 10.3. The van der Waals surface area contributed by atoms with Crippen LogP contribution in [0.25, 0.3) is 12.2 Å². The molecule has 2 aliphatic carbocycles. The molecule has 0 aliphatic heterocycles. The topological polar surface area (TPSA) is 412 Å². The van der Waals surface area contributed by atoms with E-state index in [4.69, 9.17) is 22.9 Å². The van der Waals surface area contributed by atoms with E-state index >= 15 is 0 Å². The Morgan fingerprint density at radius 2 is 0.887 bits per heavy atom. The van der Waals surface area contributed by atoms with Gasteiger partial charge in [-0.3, -0.25) is 34.1 Å². The fourth-order valence-electron chi connectivity index (χ4n) is 6.86. The molecule has 0 amide bonds. The summed E-state index contributed by atoms with van der Waals surface area (Å²) in [4.78, 5) is 24.8. The summed E-state index contributed by atoms with van der Waals surface area (Å²) in [6.07, 6.45) is 2.04. The number of Topliss-reactive ketones (excluding diaryl/α,β-unsaturated/α-hetero) is 2. The monoisotopic (exact) mass is 1020 g/mol. The number of hydrazone groups is 2. The molecule has 0 saturated carbocycles. The summed E-state index contributed by atoms with van der Waals surface area (Å²) in [6, 6.07) is 26.6. The molecule has 0 aromatic heterocycles. The molecule has 14 N–H and O–H groups in total. The van der Waals surface area contributed by atoms with Gasteiger partial charge in [-0.15, -0.1) is 10.2 Å². The fourth-order valence-corrected chi connectivity index (χ4v) is 8.85. The summed E-state index contributed by atoms with van der Waals surface area (Å²) in [5, 5.41) is 27.0. The van der Waals surface area contributed by atoms with E-state index in [2.05, 4.69) is 46.8 Å². The van der Waals surface area contributed by atoms with Crippen molar-refractivity contribution in [1.29, 1.82) is 0 Å². The second kappa shape index (κ2) is 18.8. The predicted molar refractivity (Wildman–Crippen MR) is 268 cm³/mol. The number of nitrogen functional groups attached to an aromatic ring is 4. The molecule has 0 bridgehead atoms. The van der Waals surface area contributed by atoms with Gasteiger partial charge in [-0.25, -0.2) is 0 Å². The Morgan fingerprint density at radius 3 is 1.32 bits per heavy atom.